The third-order valence-electron chi connectivity index (χ3n) is 10.4. The number of urea groups is 1. The van der Waals surface area contributed by atoms with Crippen molar-refractivity contribution >= 4 is 40.9 Å². The van der Waals surface area contributed by atoms with Crippen LogP contribution in [0, 0.1) is 11.8 Å². The minimum Gasteiger partial charge on any atom is -0.437 e. The number of nitrogens with zero attached hydrogens (tertiary/aromatic N) is 3. The molecule has 0 bridgehead atoms. The van der Waals surface area contributed by atoms with Crippen LogP contribution in [-0.4, -0.2) is 87.6 Å². The maximum absolute atomic E-state index is 14.3. The molecular formula is C35H48BN7O4. The number of likely N-dealkylation sites (tertiary alicyclic amines) is 1. The third kappa shape index (κ3) is 7.28. The van der Waals surface area contributed by atoms with Crippen LogP contribution in [-0.2, 0) is 4.79 Å². The van der Waals surface area contributed by atoms with Gasteiger partial charge in [-0.3, -0.25) is 9.36 Å². The number of para-hydroxylation sites is 3. The van der Waals surface area contributed by atoms with Crippen molar-refractivity contribution in [2.24, 2.45) is 11.8 Å². The molecule has 2 aromatic carbocycles. The van der Waals surface area contributed by atoms with E-state index in [1.165, 1.54) is 0 Å². The third-order valence-corrected chi connectivity index (χ3v) is 10.4. The first kappa shape index (κ1) is 32.9. The number of hydrogen-bond donors (Lipinski definition) is 5. The number of amides is 3. The summed E-state index contributed by atoms with van der Waals surface area (Å²) in [5, 5.41) is 17.0. The molecule has 11 nitrogen and oxygen atoms in total. The molecule has 12 heteroatoms. The van der Waals surface area contributed by atoms with E-state index in [0.29, 0.717) is 44.3 Å². The zero-order valence-corrected chi connectivity index (χ0v) is 27.7. The first-order valence-electron chi connectivity index (χ1n) is 17.2. The van der Waals surface area contributed by atoms with E-state index < -0.39 is 13.1 Å². The van der Waals surface area contributed by atoms with Gasteiger partial charge in [0.15, 0.2) is 0 Å². The van der Waals surface area contributed by atoms with E-state index in [4.69, 9.17) is 0 Å². The van der Waals surface area contributed by atoms with E-state index >= 15 is 0 Å². The number of rotatable bonds is 10. The Bertz CT molecular complexity index is 1740. The Morgan fingerprint density at radius 3 is 2.51 bits per heavy atom. The summed E-state index contributed by atoms with van der Waals surface area (Å²) in [5.41, 5.74) is 3.56. The lowest BCUT2D eigenvalue weighted by atomic mass is 9.79. The van der Waals surface area contributed by atoms with Gasteiger partial charge < -0.3 is 35.3 Å². The molecule has 5 N–H and O–H groups in total. The van der Waals surface area contributed by atoms with Crippen molar-refractivity contribution in [2.45, 2.75) is 70.3 Å². The number of benzene rings is 2. The van der Waals surface area contributed by atoms with Gasteiger partial charge in [-0.1, -0.05) is 43.7 Å². The topological polar surface area (TPSA) is 138 Å². The minimum absolute atomic E-state index is 0.00786. The number of aromatic nitrogens is 3. The molecule has 1 aliphatic heterocycles. The van der Waals surface area contributed by atoms with E-state index in [1.807, 2.05) is 73.3 Å². The Hall–Kier alpha value is -4.03. The van der Waals surface area contributed by atoms with Crippen LogP contribution in [0.3, 0.4) is 0 Å². The molecule has 0 radical (unpaired) electrons. The number of piperidine rings is 1. The maximum atomic E-state index is 14.3. The molecule has 4 atom stereocenters. The van der Waals surface area contributed by atoms with Gasteiger partial charge in [-0.05, 0) is 81.1 Å². The highest BCUT2D eigenvalue weighted by Crippen LogP contribution is 2.32. The highest BCUT2D eigenvalue weighted by atomic mass is 16.2. The van der Waals surface area contributed by atoms with Crippen molar-refractivity contribution < 1.29 is 14.6 Å². The van der Waals surface area contributed by atoms with Gasteiger partial charge in [0.25, 0.3) is 0 Å². The number of nitrogens with one attached hydrogen (secondary N) is 4. The highest BCUT2D eigenvalue weighted by molar-refractivity contribution is 6.45. The zero-order chi connectivity index (χ0) is 33.1. The van der Waals surface area contributed by atoms with Crippen LogP contribution >= 0.6 is 0 Å². The lowest BCUT2D eigenvalue weighted by Crippen LogP contribution is -2.55. The van der Waals surface area contributed by atoms with Crippen LogP contribution in [0.2, 0.25) is 6.82 Å². The van der Waals surface area contributed by atoms with Gasteiger partial charge in [0, 0.05) is 55.7 Å². The molecule has 1 saturated heterocycles. The van der Waals surface area contributed by atoms with Gasteiger partial charge >= 0.3 is 18.8 Å². The summed E-state index contributed by atoms with van der Waals surface area (Å²) in [4.78, 5) is 50.8. The number of carbonyl (C=O) groups excluding carboxylic acids is 2. The summed E-state index contributed by atoms with van der Waals surface area (Å²) in [5.74, 6) is 0.461. The molecule has 250 valence electrons. The number of hydrogen-bond acceptors (Lipinski definition) is 5. The number of H-pyrrole nitrogens is 2. The maximum Gasteiger partial charge on any atom is 0.373 e. The summed E-state index contributed by atoms with van der Waals surface area (Å²) in [6, 6.07) is 14.7. The quantitative estimate of drug-likeness (QED) is 0.165. The molecule has 2 fully saturated rings. The van der Waals surface area contributed by atoms with Gasteiger partial charge in [0.2, 0.25) is 5.91 Å². The lowest BCUT2D eigenvalue weighted by Gasteiger charge is -2.36. The minimum atomic E-state index is -0.753. The van der Waals surface area contributed by atoms with Crippen LogP contribution < -0.4 is 16.2 Å². The Morgan fingerprint density at radius 1 is 1.04 bits per heavy atom. The first-order valence-corrected chi connectivity index (χ1v) is 17.2. The second kappa shape index (κ2) is 14.4. The standard InChI is InChI=1S/C35H48BN7O4/c1-23(28-21-37-29-12-5-4-11-27(28)29)32(33(44)41(3)22-25-10-8-9-24(19-25)20-38-36(2)47)40-34(45)42-17-15-26(16-18-42)43-31-14-7-6-13-30(31)39-35(43)46/h4-7,11-14,21,23-26,32,37-38,47H,8-10,15-20,22H2,1-3H3,(H,39,46)(H,40,45)/t23-,24-,25+,32+/m0/s1. The number of carbonyl (C=O) groups is 2. The molecule has 0 unspecified atom stereocenters. The van der Waals surface area contributed by atoms with Gasteiger partial charge in [0.05, 0.1) is 11.0 Å². The Labute approximate surface area is 276 Å². The first-order chi connectivity index (χ1) is 22.7. The Morgan fingerprint density at radius 2 is 1.74 bits per heavy atom. The smallest absolute Gasteiger partial charge is 0.373 e. The second-order valence-electron chi connectivity index (χ2n) is 13.7. The number of fused-ring (bicyclic) bond motifs is 2. The summed E-state index contributed by atoms with van der Waals surface area (Å²) >= 11 is 0. The summed E-state index contributed by atoms with van der Waals surface area (Å²) in [7, 11) is 1.32. The predicted octanol–water partition coefficient (Wildman–Crippen LogP) is 4.29. The monoisotopic (exact) mass is 641 g/mol. The summed E-state index contributed by atoms with van der Waals surface area (Å²) in [6.45, 7) is 6.13. The fourth-order valence-corrected chi connectivity index (χ4v) is 7.84. The van der Waals surface area contributed by atoms with E-state index in [0.717, 1.165) is 59.7 Å². The highest BCUT2D eigenvalue weighted by Gasteiger charge is 2.35. The molecule has 1 aliphatic carbocycles. The van der Waals surface area contributed by atoms with Crippen molar-refractivity contribution in [2.75, 3.05) is 33.2 Å². The molecule has 3 heterocycles. The van der Waals surface area contributed by atoms with Gasteiger partial charge in [0.1, 0.15) is 6.04 Å². The van der Waals surface area contributed by atoms with Crippen LogP contribution in [0.1, 0.15) is 63.0 Å². The van der Waals surface area contributed by atoms with Gasteiger partial charge in [-0.2, -0.15) is 0 Å². The van der Waals surface area contributed by atoms with Crippen molar-refractivity contribution in [1.82, 2.24) is 34.9 Å². The second-order valence-corrected chi connectivity index (χ2v) is 13.7. The molecular weight excluding hydrogens is 593 g/mol. The molecule has 0 spiro atoms. The average molecular weight is 642 g/mol. The summed E-state index contributed by atoms with van der Waals surface area (Å²) in [6.07, 6.45) is 7.54. The van der Waals surface area contributed by atoms with Crippen LogP contribution in [0.4, 0.5) is 4.79 Å². The Balaban J connectivity index is 1.16. The van der Waals surface area contributed by atoms with Gasteiger partial charge in [-0.25, -0.2) is 9.59 Å². The van der Waals surface area contributed by atoms with E-state index in [1.54, 1.807) is 16.6 Å². The predicted molar refractivity (Wildman–Crippen MR) is 186 cm³/mol. The summed E-state index contributed by atoms with van der Waals surface area (Å²) < 4.78 is 1.82. The fourth-order valence-electron chi connectivity index (χ4n) is 7.84. The fraction of sp³-hybridized carbons (Fsp3) is 0.514. The lowest BCUT2D eigenvalue weighted by molar-refractivity contribution is -0.133. The molecule has 6 rings (SSSR count). The number of imidazole rings is 1. The molecule has 4 aromatic rings. The van der Waals surface area contributed by atoms with Crippen LogP contribution in [0.25, 0.3) is 21.9 Å². The molecule has 2 aliphatic rings. The van der Waals surface area contributed by atoms with Crippen LogP contribution in [0.5, 0.6) is 0 Å². The Kier molecular flexibility index (Phi) is 10.1. The average Bonchev–Trinajstić information content (AvgIpc) is 3.66. The molecule has 2 aromatic heterocycles. The van der Waals surface area contributed by atoms with Crippen molar-refractivity contribution in [3.63, 3.8) is 0 Å². The van der Waals surface area contributed by atoms with E-state index in [2.05, 4.69) is 20.5 Å². The van der Waals surface area contributed by atoms with Gasteiger partial charge in [-0.15, -0.1) is 0 Å². The molecule has 47 heavy (non-hydrogen) atoms. The van der Waals surface area contributed by atoms with Crippen molar-refractivity contribution in [1.29, 1.82) is 0 Å². The number of likely N-dealkylation sites (N-methyl/N-ethyl adjacent to an activating group) is 1. The SMILES string of the molecule is CB(O)NC[C@H]1CCC[C@@H](CN(C)C(=O)[C@H](NC(=O)N2CCC(n3c(=O)[nH]c4ccccc43)CC2)[C@@H](C)c2c[nH]c3ccccc23)C1. The van der Waals surface area contributed by atoms with Crippen molar-refractivity contribution in [3.8, 4) is 0 Å². The zero-order valence-electron chi connectivity index (χ0n) is 27.7. The largest absolute Gasteiger partial charge is 0.437 e. The normalized spacial score (nSPS) is 20.3. The van der Waals surface area contributed by atoms with E-state index in [-0.39, 0.29) is 29.6 Å². The molecule has 3 amide bonds. The van der Waals surface area contributed by atoms with Crippen LogP contribution in [0.15, 0.2) is 59.5 Å². The van der Waals surface area contributed by atoms with Crippen molar-refractivity contribution in [3.05, 3.63) is 70.8 Å². The van der Waals surface area contributed by atoms with E-state index in [9.17, 15) is 19.4 Å². The number of aromatic amines is 2. The molecule has 1 saturated carbocycles.